The molecule has 192 valence electrons. The molecule has 2 amide bonds. The minimum atomic E-state index is -0.524. The van der Waals surface area contributed by atoms with Crippen LogP contribution in [0.3, 0.4) is 0 Å². The second kappa shape index (κ2) is 9.24. The molecule has 1 aliphatic heterocycles. The number of anilines is 1. The lowest BCUT2D eigenvalue weighted by Crippen LogP contribution is -2.36. The number of hydrogen-bond donors (Lipinski definition) is 1. The molecule has 2 fully saturated rings. The Morgan fingerprint density at radius 1 is 1.19 bits per heavy atom. The zero-order valence-electron chi connectivity index (χ0n) is 21.5. The smallest absolute Gasteiger partial charge is 0.410 e. The van der Waals surface area contributed by atoms with Crippen molar-refractivity contribution in [3.63, 3.8) is 0 Å². The minimum absolute atomic E-state index is 0.0380. The Morgan fingerprint density at radius 2 is 1.97 bits per heavy atom. The van der Waals surface area contributed by atoms with Crippen molar-refractivity contribution in [2.45, 2.75) is 58.8 Å². The van der Waals surface area contributed by atoms with Gasteiger partial charge in [-0.15, -0.1) is 0 Å². The maximum Gasteiger partial charge on any atom is 0.410 e. The number of fused-ring (bicyclic) bond motifs is 1. The number of hydrogen-bond acceptors (Lipinski definition) is 6. The first-order chi connectivity index (χ1) is 17.1. The van der Waals surface area contributed by atoms with E-state index in [1.54, 1.807) is 9.42 Å². The monoisotopic (exact) mass is 494 g/mol. The van der Waals surface area contributed by atoms with Crippen LogP contribution in [-0.2, 0) is 27.9 Å². The normalized spacial score (nSPS) is 20.2. The van der Waals surface area contributed by atoms with E-state index >= 15 is 0 Å². The molecule has 0 spiro atoms. The van der Waals surface area contributed by atoms with Gasteiger partial charge in [0.25, 0.3) is 0 Å². The van der Waals surface area contributed by atoms with Crippen LogP contribution in [0.1, 0.15) is 46.1 Å². The van der Waals surface area contributed by atoms with Crippen LogP contribution in [0.4, 0.5) is 10.6 Å². The van der Waals surface area contributed by atoms with Crippen LogP contribution < -0.4 is 5.32 Å². The Hall–Kier alpha value is -3.40. The number of amides is 2. The molecule has 0 bridgehead atoms. The third-order valence-electron chi connectivity index (χ3n) is 6.60. The van der Waals surface area contributed by atoms with Crippen molar-refractivity contribution in [2.24, 2.45) is 18.9 Å². The van der Waals surface area contributed by atoms with Crippen LogP contribution in [0.2, 0.25) is 0 Å². The molecule has 1 aliphatic carbocycles. The van der Waals surface area contributed by atoms with Crippen LogP contribution in [0.5, 0.6) is 0 Å². The van der Waals surface area contributed by atoms with Gasteiger partial charge >= 0.3 is 6.09 Å². The molecule has 10 heteroatoms. The second-order valence-corrected chi connectivity index (χ2v) is 10.9. The second-order valence-electron chi connectivity index (χ2n) is 10.9. The van der Waals surface area contributed by atoms with E-state index < -0.39 is 5.60 Å². The molecule has 0 aromatic carbocycles. The molecule has 10 nitrogen and oxygen atoms in total. The summed E-state index contributed by atoms with van der Waals surface area (Å²) in [6.07, 6.45) is 5.22. The average Bonchev–Trinajstić information content (AvgIpc) is 3.33. The predicted octanol–water partition coefficient (Wildman–Crippen LogP) is 3.86. The summed E-state index contributed by atoms with van der Waals surface area (Å²) in [7, 11) is 1.91. The minimum Gasteiger partial charge on any atom is -0.444 e. The van der Waals surface area contributed by atoms with Gasteiger partial charge in [0.1, 0.15) is 5.60 Å². The summed E-state index contributed by atoms with van der Waals surface area (Å²) in [6.45, 7) is 9.19. The molecular formula is C26H34N6O4. The number of pyridine rings is 1. The van der Waals surface area contributed by atoms with Gasteiger partial charge in [-0.05, 0) is 45.7 Å². The Balaban J connectivity index is 1.27. The molecular weight excluding hydrogens is 460 g/mol. The van der Waals surface area contributed by atoms with Crippen molar-refractivity contribution in [3.05, 3.63) is 36.2 Å². The molecule has 36 heavy (non-hydrogen) atoms. The summed E-state index contributed by atoms with van der Waals surface area (Å²) in [5.41, 5.74) is 3.26. The number of aryl methyl sites for hydroxylation is 1. The maximum atomic E-state index is 12.5. The Labute approximate surface area is 210 Å². The zero-order valence-corrected chi connectivity index (χ0v) is 21.5. The highest BCUT2D eigenvalue weighted by Gasteiger charge is 2.35. The number of rotatable bonds is 6. The summed E-state index contributed by atoms with van der Waals surface area (Å²) in [5.74, 6) is 0.921. The Bertz CT molecular complexity index is 1290. The van der Waals surface area contributed by atoms with E-state index in [1.165, 1.54) is 0 Å². The van der Waals surface area contributed by atoms with Crippen LogP contribution >= 0.6 is 0 Å². The van der Waals surface area contributed by atoms with E-state index in [1.807, 2.05) is 63.1 Å². The van der Waals surface area contributed by atoms with E-state index in [2.05, 4.69) is 22.4 Å². The standard InChI is InChI=1S/C26H34N6O4/c1-16-13-31(25(34)36-26(2,3)4)14-21(16)35-15-19-12-27-30(5)23(19)18-8-9-32-20(10-18)11-22(29-32)28-24(33)17-6-7-17/h8-12,16-17,21H,6-7,13-15H2,1-5H3,(H,28,29,33). The van der Waals surface area contributed by atoms with Crippen molar-refractivity contribution in [1.29, 1.82) is 0 Å². The lowest BCUT2D eigenvalue weighted by molar-refractivity contribution is -0.117. The van der Waals surface area contributed by atoms with Crippen LogP contribution in [0, 0.1) is 11.8 Å². The number of aromatic nitrogens is 4. The maximum absolute atomic E-state index is 12.5. The summed E-state index contributed by atoms with van der Waals surface area (Å²) in [4.78, 5) is 26.3. The summed E-state index contributed by atoms with van der Waals surface area (Å²) < 4.78 is 15.4. The van der Waals surface area contributed by atoms with Gasteiger partial charge in [0.15, 0.2) is 5.82 Å². The first-order valence-corrected chi connectivity index (χ1v) is 12.5. The Kier molecular flexibility index (Phi) is 6.23. The predicted molar refractivity (Wildman–Crippen MR) is 134 cm³/mol. The molecule has 1 saturated heterocycles. The highest BCUT2D eigenvalue weighted by Crippen LogP contribution is 2.31. The van der Waals surface area contributed by atoms with E-state index in [0.29, 0.717) is 25.5 Å². The average molecular weight is 495 g/mol. The summed E-state index contributed by atoms with van der Waals surface area (Å²) in [6, 6.07) is 5.89. The fraction of sp³-hybridized carbons (Fsp3) is 0.538. The molecule has 1 N–H and O–H groups in total. The van der Waals surface area contributed by atoms with Crippen molar-refractivity contribution in [3.8, 4) is 11.3 Å². The van der Waals surface area contributed by atoms with Gasteiger partial charge in [0.05, 0.1) is 36.7 Å². The number of nitrogens with zero attached hydrogens (tertiary/aromatic N) is 5. The van der Waals surface area contributed by atoms with Crippen molar-refractivity contribution < 1.29 is 19.1 Å². The summed E-state index contributed by atoms with van der Waals surface area (Å²) in [5, 5.41) is 11.8. The fourth-order valence-corrected chi connectivity index (χ4v) is 4.56. The first kappa shape index (κ1) is 24.3. The van der Waals surface area contributed by atoms with E-state index in [-0.39, 0.29) is 29.9 Å². The highest BCUT2D eigenvalue weighted by atomic mass is 16.6. The molecule has 3 aromatic heterocycles. The topological polar surface area (TPSA) is 103 Å². The van der Waals surface area contributed by atoms with Crippen molar-refractivity contribution in [1.82, 2.24) is 24.3 Å². The van der Waals surface area contributed by atoms with Crippen LogP contribution in [0.15, 0.2) is 30.6 Å². The van der Waals surface area contributed by atoms with Gasteiger partial charge in [-0.2, -0.15) is 10.2 Å². The molecule has 2 unspecified atom stereocenters. The van der Waals surface area contributed by atoms with Gasteiger partial charge in [0, 0.05) is 48.8 Å². The van der Waals surface area contributed by atoms with E-state index in [4.69, 9.17) is 9.47 Å². The first-order valence-electron chi connectivity index (χ1n) is 12.5. The van der Waals surface area contributed by atoms with Crippen LogP contribution in [0.25, 0.3) is 16.8 Å². The van der Waals surface area contributed by atoms with Gasteiger partial charge in [-0.3, -0.25) is 9.48 Å². The quantitative estimate of drug-likeness (QED) is 0.558. The van der Waals surface area contributed by atoms with Crippen LogP contribution in [-0.4, -0.2) is 61.1 Å². The molecule has 0 radical (unpaired) electrons. The number of likely N-dealkylation sites (tertiary alicyclic amines) is 1. The largest absolute Gasteiger partial charge is 0.444 e. The summed E-state index contributed by atoms with van der Waals surface area (Å²) >= 11 is 0. The lowest BCUT2D eigenvalue weighted by Gasteiger charge is -2.24. The van der Waals surface area contributed by atoms with Crippen molar-refractivity contribution >= 4 is 23.3 Å². The molecule has 3 aromatic rings. The molecule has 1 saturated carbocycles. The molecule has 5 rings (SSSR count). The lowest BCUT2D eigenvalue weighted by atomic mass is 10.1. The molecule has 2 atom stereocenters. The van der Waals surface area contributed by atoms with Gasteiger partial charge < -0.3 is 19.7 Å². The van der Waals surface area contributed by atoms with Gasteiger partial charge in [-0.25, -0.2) is 9.31 Å². The SMILES string of the molecule is CC1CN(C(=O)OC(C)(C)C)CC1OCc1cnn(C)c1-c1ccn2nc(NC(=O)C3CC3)cc2c1. The zero-order chi connectivity index (χ0) is 25.6. The number of ether oxygens (including phenoxy) is 2. The fourth-order valence-electron chi connectivity index (χ4n) is 4.56. The number of nitrogens with one attached hydrogen (secondary N) is 1. The van der Waals surface area contributed by atoms with E-state index in [0.717, 1.165) is 35.2 Å². The third-order valence-corrected chi connectivity index (χ3v) is 6.60. The third kappa shape index (κ3) is 5.23. The number of carbonyl (C=O) groups excluding carboxylic acids is 2. The van der Waals surface area contributed by atoms with E-state index in [9.17, 15) is 9.59 Å². The van der Waals surface area contributed by atoms with Gasteiger partial charge in [-0.1, -0.05) is 6.92 Å². The molecule has 4 heterocycles. The highest BCUT2D eigenvalue weighted by molar-refractivity contribution is 5.93. The molecule has 2 aliphatic rings. The Morgan fingerprint density at radius 3 is 2.69 bits per heavy atom. The van der Waals surface area contributed by atoms with Crippen molar-refractivity contribution in [2.75, 3.05) is 18.4 Å². The number of carbonyl (C=O) groups is 2. The van der Waals surface area contributed by atoms with Gasteiger partial charge in [0.2, 0.25) is 5.91 Å².